The Morgan fingerprint density at radius 2 is 1.71 bits per heavy atom. The minimum Gasteiger partial charge on any atom is -0.354 e. The van der Waals surface area contributed by atoms with E-state index in [1.54, 1.807) is 16.5 Å². The first-order valence-corrected chi connectivity index (χ1v) is 12.4. The summed E-state index contributed by atoms with van der Waals surface area (Å²) in [5.74, 6) is 0.157. The van der Waals surface area contributed by atoms with Gasteiger partial charge in [-0.2, -0.15) is 0 Å². The summed E-state index contributed by atoms with van der Waals surface area (Å²) in [5.41, 5.74) is 3.21. The lowest BCUT2D eigenvalue weighted by atomic mass is 10.1. The van der Waals surface area contributed by atoms with E-state index in [0.717, 1.165) is 16.8 Å². The van der Waals surface area contributed by atoms with E-state index in [-0.39, 0.29) is 42.1 Å². The minimum absolute atomic E-state index is 0.0153. The van der Waals surface area contributed by atoms with Gasteiger partial charge in [-0.15, -0.1) is 10.2 Å². The molecule has 2 heterocycles. The van der Waals surface area contributed by atoms with Crippen LogP contribution in [0, 0.1) is 13.8 Å². The number of hydrogen-bond donors (Lipinski definition) is 2. The van der Waals surface area contributed by atoms with Crippen LogP contribution in [0.4, 0.5) is 5.69 Å². The Morgan fingerprint density at radius 3 is 2.43 bits per heavy atom. The summed E-state index contributed by atoms with van der Waals surface area (Å²) >= 11 is 1.24. The van der Waals surface area contributed by atoms with Crippen LogP contribution >= 0.6 is 11.8 Å². The maximum atomic E-state index is 13.2. The second kappa shape index (κ2) is 10.3. The van der Waals surface area contributed by atoms with E-state index in [1.165, 1.54) is 16.3 Å². The van der Waals surface area contributed by atoms with Crippen molar-refractivity contribution in [1.29, 1.82) is 0 Å². The fourth-order valence-electron chi connectivity index (χ4n) is 3.95. The van der Waals surface area contributed by atoms with Gasteiger partial charge < -0.3 is 10.6 Å². The van der Waals surface area contributed by atoms with Crippen molar-refractivity contribution in [1.82, 2.24) is 24.5 Å². The Kier molecular flexibility index (Phi) is 7.20. The highest BCUT2D eigenvalue weighted by atomic mass is 32.2. The lowest BCUT2D eigenvalue weighted by Crippen LogP contribution is -2.32. The molecule has 0 radical (unpaired) electrons. The van der Waals surface area contributed by atoms with Gasteiger partial charge in [0.1, 0.15) is 0 Å². The number of para-hydroxylation sites is 2. The molecule has 0 aliphatic carbocycles. The standard InChI is InChI=1S/C25H28N6O3S/c1-15(2)26-20(32)12-13-30-23(34)18-10-5-6-11-19(18)31-24(30)28-29-25(31)35-14-21(33)27-22-16(3)8-7-9-17(22)4/h5-11,15H,12-14H2,1-4H3,(H,26,32)(H,27,33). The number of benzene rings is 2. The Labute approximate surface area is 206 Å². The van der Waals surface area contributed by atoms with Gasteiger partial charge in [-0.05, 0) is 51.0 Å². The molecule has 0 bridgehead atoms. The van der Waals surface area contributed by atoms with Gasteiger partial charge in [0.05, 0.1) is 16.7 Å². The van der Waals surface area contributed by atoms with Crippen molar-refractivity contribution < 1.29 is 9.59 Å². The molecule has 0 saturated carbocycles. The van der Waals surface area contributed by atoms with E-state index in [9.17, 15) is 14.4 Å². The zero-order valence-corrected chi connectivity index (χ0v) is 21.0. The summed E-state index contributed by atoms with van der Waals surface area (Å²) in [6, 6.07) is 13.1. The van der Waals surface area contributed by atoms with Crippen molar-refractivity contribution in [2.45, 2.75) is 51.9 Å². The average Bonchev–Trinajstić information content (AvgIpc) is 3.23. The van der Waals surface area contributed by atoms with Crippen LogP contribution in [0.25, 0.3) is 16.7 Å². The molecule has 0 aliphatic heterocycles. The first-order chi connectivity index (χ1) is 16.8. The predicted octanol–water partition coefficient (Wildman–Crippen LogP) is 3.31. The van der Waals surface area contributed by atoms with Gasteiger partial charge in [-0.1, -0.05) is 42.1 Å². The molecule has 2 aromatic carbocycles. The Morgan fingerprint density at radius 1 is 1.00 bits per heavy atom. The number of thioether (sulfide) groups is 1. The van der Waals surface area contributed by atoms with Crippen LogP contribution in [0.2, 0.25) is 0 Å². The van der Waals surface area contributed by atoms with Gasteiger partial charge in [0, 0.05) is 24.7 Å². The number of fused-ring (bicyclic) bond motifs is 3. The largest absolute Gasteiger partial charge is 0.354 e. The van der Waals surface area contributed by atoms with Gasteiger partial charge in [0.25, 0.3) is 5.56 Å². The highest BCUT2D eigenvalue weighted by Gasteiger charge is 2.18. The van der Waals surface area contributed by atoms with E-state index in [2.05, 4.69) is 20.8 Å². The molecule has 0 fully saturated rings. The number of nitrogens with zero attached hydrogens (tertiary/aromatic N) is 4. The van der Waals surface area contributed by atoms with E-state index in [0.29, 0.717) is 21.8 Å². The van der Waals surface area contributed by atoms with Crippen LogP contribution in [0.15, 0.2) is 52.4 Å². The molecular weight excluding hydrogens is 464 g/mol. The molecule has 0 atom stereocenters. The summed E-state index contributed by atoms with van der Waals surface area (Å²) in [5, 5.41) is 15.3. The highest BCUT2D eigenvalue weighted by molar-refractivity contribution is 7.99. The zero-order valence-electron chi connectivity index (χ0n) is 20.2. The minimum atomic E-state index is -0.234. The molecule has 0 unspecified atom stereocenters. The van der Waals surface area contributed by atoms with Crippen LogP contribution in [0.5, 0.6) is 0 Å². The molecule has 4 aromatic rings. The van der Waals surface area contributed by atoms with Gasteiger partial charge in [0.15, 0.2) is 5.16 Å². The van der Waals surface area contributed by atoms with E-state index < -0.39 is 0 Å². The number of hydrogen-bond acceptors (Lipinski definition) is 6. The van der Waals surface area contributed by atoms with Crippen LogP contribution in [-0.4, -0.2) is 42.8 Å². The summed E-state index contributed by atoms with van der Waals surface area (Å²) < 4.78 is 3.24. The van der Waals surface area contributed by atoms with Gasteiger partial charge in [0.2, 0.25) is 17.6 Å². The van der Waals surface area contributed by atoms with Crippen molar-refractivity contribution in [2.75, 3.05) is 11.1 Å². The molecule has 2 N–H and O–H groups in total. The SMILES string of the molecule is Cc1cccc(C)c1NC(=O)CSc1nnc2n(CCC(=O)NC(C)C)c(=O)c3ccccc3n12. The average molecular weight is 493 g/mol. The molecule has 0 saturated heterocycles. The number of anilines is 1. The normalized spacial score (nSPS) is 11.3. The van der Waals surface area contributed by atoms with E-state index >= 15 is 0 Å². The van der Waals surface area contributed by atoms with Crippen LogP contribution < -0.4 is 16.2 Å². The Hall–Kier alpha value is -3.66. The number of amides is 2. The lowest BCUT2D eigenvalue weighted by Gasteiger charge is -2.13. The second-order valence-corrected chi connectivity index (χ2v) is 9.61. The zero-order chi connectivity index (χ0) is 25.1. The quantitative estimate of drug-likeness (QED) is 0.365. The van der Waals surface area contributed by atoms with Crippen molar-refractivity contribution in [3.8, 4) is 0 Å². The number of rotatable bonds is 8. The van der Waals surface area contributed by atoms with E-state index in [4.69, 9.17) is 0 Å². The van der Waals surface area contributed by atoms with Crippen LogP contribution in [-0.2, 0) is 16.1 Å². The molecular formula is C25H28N6O3S. The van der Waals surface area contributed by atoms with Crippen molar-refractivity contribution >= 4 is 45.9 Å². The predicted molar refractivity (Wildman–Crippen MR) is 138 cm³/mol. The third-order valence-electron chi connectivity index (χ3n) is 5.57. The Bertz CT molecular complexity index is 1450. The van der Waals surface area contributed by atoms with Gasteiger partial charge in [-0.25, -0.2) is 0 Å². The van der Waals surface area contributed by atoms with Crippen molar-refractivity contribution in [2.24, 2.45) is 0 Å². The number of carbonyl (C=O) groups is 2. The van der Waals surface area contributed by atoms with Crippen LogP contribution in [0.3, 0.4) is 0 Å². The van der Waals surface area contributed by atoms with E-state index in [1.807, 2.05) is 58.0 Å². The first kappa shape index (κ1) is 24.5. The van der Waals surface area contributed by atoms with Crippen LogP contribution in [0.1, 0.15) is 31.4 Å². The lowest BCUT2D eigenvalue weighted by molar-refractivity contribution is -0.121. The number of aryl methyl sites for hydroxylation is 3. The molecule has 35 heavy (non-hydrogen) atoms. The van der Waals surface area contributed by atoms with Crippen molar-refractivity contribution in [3.05, 3.63) is 63.9 Å². The smallest absolute Gasteiger partial charge is 0.262 e. The van der Waals surface area contributed by atoms with Crippen molar-refractivity contribution in [3.63, 3.8) is 0 Å². The summed E-state index contributed by atoms with van der Waals surface area (Å²) in [4.78, 5) is 38.1. The maximum absolute atomic E-state index is 13.2. The van der Waals surface area contributed by atoms with Gasteiger partial charge >= 0.3 is 0 Å². The maximum Gasteiger partial charge on any atom is 0.262 e. The monoisotopic (exact) mass is 492 g/mol. The number of aromatic nitrogens is 4. The fraction of sp³-hybridized carbons (Fsp3) is 0.320. The van der Waals surface area contributed by atoms with Gasteiger partial charge in [-0.3, -0.25) is 23.4 Å². The first-order valence-electron chi connectivity index (χ1n) is 11.4. The summed E-state index contributed by atoms with van der Waals surface area (Å²) in [6.45, 7) is 7.85. The molecule has 0 spiro atoms. The Balaban J connectivity index is 1.63. The number of nitrogens with one attached hydrogen (secondary N) is 2. The summed E-state index contributed by atoms with van der Waals surface area (Å²) in [7, 11) is 0. The molecule has 10 heteroatoms. The molecule has 4 rings (SSSR count). The number of carbonyl (C=O) groups excluding carboxylic acids is 2. The molecule has 9 nitrogen and oxygen atoms in total. The third-order valence-corrected chi connectivity index (χ3v) is 6.50. The highest BCUT2D eigenvalue weighted by Crippen LogP contribution is 2.23. The third kappa shape index (κ3) is 5.22. The fourth-order valence-corrected chi connectivity index (χ4v) is 4.69. The molecule has 0 aliphatic rings. The molecule has 182 valence electrons. The topological polar surface area (TPSA) is 110 Å². The second-order valence-electron chi connectivity index (χ2n) is 8.67. The molecule has 2 amide bonds. The molecule has 2 aromatic heterocycles. The summed E-state index contributed by atoms with van der Waals surface area (Å²) in [6.07, 6.45) is 0.138.